The average molecular weight is 476 g/mol. The number of piperidine rings is 1. The molecule has 2 heterocycles. The summed E-state index contributed by atoms with van der Waals surface area (Å²) in [6.07, 6.45) is 0.824. The summed E-state index contributed by atoms with van der Waals surface area (Å²) in [6, 6.07) is 5.77. The summed E-state index contributed by atoms with van der Waals surface area (Å²) in [6.45, 7) is 9.62. The van der Waals surface area contributed by atoms with Crippen LogP contribution >= 0.6 is 0 Å². The molecule has 1 aliphatic rings. The molecule has 0 aliphatic carbocycles. The van der Waals surface area contributed by atoms with Crippen LogP contribution in [0, 0.1) is 33.6 Å². The Morgan fingerprint density at radius 3 is 2.33 bits per heavy atom. The molecule has 33 heavy (non-hydrogen) atoms. The first-order valence-electron chi connectivity index (χ1n) is 11.2. The standard InChI is InChI=1S/C24H33N3O5S/c1-7-32-24(29)21-17(4)26(6)18(5)22(21)33(30,31)27-13-11-19(12-14-27)23(28)25-20-10-8-9-15(2)16(20)3/h8-10,19H,7,11-14H2,1-6H3,(H,25,28). The second-order valence-electron chi connectivity index (χ2n) is 8.57. The lowest BCUT2D eigenvalue weighted by atomic mass is 9.97. The molecular formula is C24H33N3O5S. The van der Waals surface area contributed by atoms with E-state index in [9.17, 15) is 18.0 Å². The van der Waals surface area contributed by atoms with E-state index < -0.39 is 16.0 Å². The Morgan fingerprint density at radius 2 is 1.73 bits per heavy atom. The minimum absolute atomic E-state index is 0.000706. The van der Waals surface area contributed by atoms with Crippen LogP contribution in [-0.4, -0.2) is 48.9 Å². The molecule has 0 radical (unpaired) electrons. The van der Waals surface area contributed by atoms with Gasteiger partial charge in [0.05, 0.1) is 6.61 Å². The monoisotopic (exact) mass is 475 g/mol. The minimum atomic E-state index is -3.93. The lowest BCUT2D eigenvalue weighted by Gasteiger charge is -2.31. The Labute approximate surface area is 196 Å². The number of hydrogen-bond donors (Lipinski definition) is 1. The maximum atomic E-state index is 13.6. The largest absolute Gasteiger partial charge is 0.462 e. The molecule has 180 valence electrons. The first-order valence-corrected chi connectivity index (χ1v) is 12.6. The van der Waals surface area contributed by atoms with E-state index in [0.29, 0.717) is 24.2 Å². The summed E-state index contributed by atoms with van der Waals surface area (Å²) in [5, 5.41) is 2.99. The zero-order chi connectivity index (χ0) is 24.5. The van der Waals surface area contributed by atoms with E-state index in [1.54, 1.807) is 32.4 Å². The van der Waals surface area contributed by atoms with Crippen molar-refractivity contribution in [1.29, 1.82) is 0 Å². The van der Waals surface area contributed by atoms with Crippen LogP contribution in [0.2, 0.25) is 0 Å². The summed E-state index contributed by atoms with van der Waals surface area (Å²) in [5.41, 5.74) is 4.03. The summed E-state index contributed by atoms with van der Waals surface area (Å²) >= 11 is 0. The van der Waals surface area contributed by atoms with Crippen LogP contribution in [0.5, 0.6) is 0 Å². The van der Waals surface area contributed by atoms with Crippen molar-refractivity contribution in [2.24, 2.45) is 13.0 Å². The van der Waals surface area contributed by atoms with Crippen LogP contribution in [-0.2, 0) is 26.6 Å². The average Bonchev–Trinajstić information content (AvgIpc) is 3.01. The maximum absolute atomic E-state index is 13.6. The molecular weight excluding hydrogens is 442 g/mol. The van der Waals surface area contributed by atoms with Gasteiger partial charge in [0.2, 0.25) is 15.9 Å². The molecule has 1 N–H and O–H groups in total. The third-order valence-corrected chi connectivity index (χ3v) is 8.75. The van der Waals surface area contributed by atoms with Gasteiger partial charge >= 0.3 is 5.97 Å². The van der Waals surface area contributed by atoms with Gasteiger partial charge in [-0.1, -0.05) is 12.1 Å². The molecule has 1 fully saturated rings. The van der Waals surface area contributed by atoms with Gasteiger partial charge in [-0.15, -0.1) is 0 Å². The van der Waals surface area contributed by atoms with Gasteiger partial charge < -0.3 is 14.6 Å². The highest BCUT2D eigenvalue weighted by atomic mass is 32.2. The number of aryl methyl sites for hydroxylation is 1. The van der Waals surface area contributed by atoms with Crippen LogP contribution in [0.4, 0.5) is 5.69 Å². The number of anilines is 1. The molecule has 1 aromatic heterocycles. The predicted molar refractivity (Wildman–Crippen MR) is 127 cm³/mol. The van der Waals surface area contributed by atoms with Crippen molar-refractivity contribution >= 4 is 27.6 Å². The second-order valence-corrected chi connectivity index (χ2v) is 10.4. The molecule has 0 spiro atoms. The molecule has 0 saturated carbocycles. The SMILES string of the molecule is CCOC(=O)c1c(S(=O)(=O)N2CCC(C(=O)Nc3cccc(C)c3C)CC2)c(C)n(C)c1C. The molecule has 8 nitrogen and oxygen atoms in total. The number of carbonyl (C=O) groups excluding carboxylic acids is 2. The van der Waals surface area contributed by atoms with Gasteiger partial charge in [-0.2, -0.15) is 4.31 Å². The minimum Gasteiger partial charge on any atom is -0.462 e. The molecule has 1 saturated heterocycles. The number of amides is 1. The number of hydrogen-bond acceptors (Lipinski definition) is 5. The highest BCUT2D eigenvalue weighted by Gasteiger charge is 2.38. The molecule has 0 bridgehead atoms. The van der Waals surface area contributed by atoms with E-state index in [1.165, 1.54) is 4.31 Å². The molecule has 9 heteroatoms. The Balaban J connectivity index is 1.78. The predicted octanol–water partition coefficient (Wildman–Crippen LogP) is 3.47. The lowest BCUT2D eigenvalue weighted by Crippen LogP contribution is -2.42. The van der Waals surface area contributed by atoms with Crippen molar-refractivity contribution in [3.05, 3.63) is 46.3 Å². The number of rotatable bonds is 6. The maximum Gasteiger partial charge on any atom is 0.341 e. The Kier molecular flexibility index (Phi) is 7.33. The van der Waals surface area contributed by atoms with Gasteiger partial charge in [-0.3, -0.25) is 4.79 Å². The van der Waals surface area contributed by atoms with Gasteiger partial charge in [-0.25, -0.2) is 13.2 Å². The molecule has 2 aromatic rings. The molecule has 3 rings (SSSR count). The summed E-state index contributed by atoms with van der Waals surface area (Å²) in [5.74, 6) is -1.01. The normalized spacial score (nSPS) is 15.5. The summed E-state index contributed by atoms with van der Waals surface area (Å²) in [4.78, 5) is 25.4. The van der Waals surface area contributed by atoms with Crippen LogP contribution in [0.25, 0.3) is 0 Å². The van der Waals surface area contributed by atoms with E-state index in [4.69, 9.17) is 4.74 Å². The lowest BCUT2D eigenvalue weighted by molar-refractivity contribution is -0.120. The van der Waals surface area contributed by atoms with Crippen molar-refractivity contribution in [2.75, 3.05) is 25.0 Å². The van der Waals surface area contributed by atoms with E-state index in [2.05, 4.69) is 5.32 Å². The van der Waals surface area contributed by atoms with Crippen LogP contribution in [0.1, 0.15) is 52.6 Å². The first-order chi connectivity index (χ1) is 15.5. The number of ether oxygens (including phenoxy) is 1. The fraction of sp³-hybridized carbons (Fsp3) is 0.500. The number of nitrogens with zero attached hydrogens (tertiary/aromatic N) is 2. The van der Waals surface area contributed by atoms with Gasteiger partial charge in [0.15, 0.2) is 0 Å². The Morgan fingerprint density at radius 1 is 1.09 bits per heavy atom. The van der Waals surface area contributed by atoms with E-state index in [-0.39, 0.29) is 42.0 Å². The highest BCUT2D eigenvalue weighted by molar-refractivity contribution is 7.89. The summed E-state index contributed by atoms with van der Waals surface area (Å²) in [7, 11) is -2.20. The number of carbonyl (C=O) groups is 2. The summed E-state index contributed by atoms with van der Waals surface area (Å²) < 4.78 is 35.3. The Hall–Kier alpha value is -2.65. The van der Waals surface area contributed by atoms with Gasteiger partial charge in [0.25, 0.3) is 0 Å². The molecule has 1 aromatic carbocycles. The van der Waals surface area contributed by atoms with Crippen molar-refractivity contribution in [3.8, 4) is 0 Å². The topological polar surface area (TPSA) is 97.7 Å². The quantitative estimate of drug-likeness (QED) is 0.645. The van der Waals surface area contributed by atoms with Gasteiger partial charge in [0.1, 0.15) is 10.5 Å². The van der Waals surface area contributed by atoms with Gasteiger partial charge in [0, 0.05) is 43.1 Å². The number of benzene rings is 1. The number of esters is 1. The van der Waals surface area contributed by atoms with Gasteiger partial charge in [-0.05, 0) is 64.7 Å². The second kappa shape index (κ2) is 9.69. The van der Waals surface area contributed by atoms with Crippen molar-refractivity contribution in [2.45, 2.75) is 52.4 Å². The molecule has 1 amide bonds. The van der Waals surface area contributed by atoms with E-state index >= 15 is 0 Å². The van der Waals surface area contributed by atoms with Crippen LogP contribution in [0.15, 0.2) is 23.1 Å². The number of aromatic nitrogens is 1. The molecule has 1 aliphatic heterocycles. The smallest absolute Gasteiger partial charge is 0.341 e. The third-order valence-electron chi connectivity index (χ3n) is 6.69. The zero-order valence-corrected chi connectivity index (χ0v) is 21.0. The third kappa shape index (κ3) is 4.70. The van der Waals surface area contributed by atoms with Crippen LogP contribution in [0.3, 0.4) is 0 Å². The van der Waals surface area contributed by atoms with E-state index in [0.717, 1.165) is 16.8 Å². The fourth-order valence-electron chi connectivity index (χ4n) is 4.28. The zero-order valence-electron chi connectivity index (χ0n) is 20.2. The first kappa shape index (κ1) is 25.0. The van der Waals surface area contributed by atoms with Crippen molar-refractivity contribution in [3.63, 3.8) is 0 Å². The highest BCUT2D eigenvalue weighted by Crippen LogP contribution is 2.32. The number of sulfonamides is 1. The molecule has 0 atom stereocenters. The fourth-order valence-corrected chi connectivity index (χ4v) is 6.23. The van der Waals surface area contributed by atoms with Crippen LogP contribution < -0.4 is 5.32 Å². The van der Waals surface area contributed by atoms with E-state index in [1.807, 2.05) is 32.0 Å². The molecule has 0 unspecified atom stereocenters. The Bertz CT molecular complexity index is 1180. The van der Waals surface area contributed by atoms with Crippen molar-refractivity contribution in [1.82, 2.24) is 8.87 Å². The van der Waals surface area contributed by atoms with Crippen molar-refractivity contribution < 1.29 is 22.7 Å². The number of nitrogens with one attached hydrogen (secondary N) is 1.